The summed E-state index contributed by atoms with van der Waals surface area (Å²) in [6.45, 7) is 6.50. The molecule has 4 rings (SSSR count). The normalized spacial score (nSPS) is 21.8. The highest BCUT2D eigenvalue weighted by molar-refractivity contribution is 5.33. The van der Waals surface area contributed by atoms with Crippen molar-refractivity contribution in [1.82, 2.24) is 19.6 Å². The Balaban J connectivity index is 1.51. The molecule has 1 aromatic carbocycles. The average molecular weight is 326 g/mol. The van der Waals surface area contributed by atoms with Crippen molar-refractivity contribution in [2.75, 3.05) is 33.3 Å². The van der Waals surface area contributed by atoms with Gasteiger partial charge in [0, 0.05) is 37.9 Å². The number of rotatable bonds is 5. The highest BCUT2D eigenvalue weighted by atomic mass is 16.5. The van der Waals surface area contributed by atoms with Gasteiger partial charge in [0.1, 0.15) is 5.75 Å². The summed E-state index contributed by atoms with van der Waals surface area (Å²) in [5.41, 5.74) is 2.58. The molecule has 2 aliphatic heterocycles. The molecule has 2 aromatic rings. The van der Waals surface area contributed by atoms with Gasteiger partial charge in [-0.15, -0.1) is 0 Å². The Kier molecular flexibility index (Phi) is 4.54. The van der Waals surface area contributed by atoms with Crippen molar-refractivity contribution in [3.05, 3.63) is 47.8 Å². The van der Waals surface area contributed by atoms with Crippen LogP contribution in [0.3, 0.4) is 0 Å². The van der Waals surface area contributed by atoms with Gasteiger partial charge < -0.3 is 9.64 Å². The zero-order valence-corrected chi connectivity index (χ0v) is 14.4. The Hall–Kier alpha value is -1.85. The van der Waals surface area contributed by atoms with Crippen LogP contribution in [0.2, 0.25) is 0 Å². The fraction of sp³-hybridized carbons (Fsp3) is 0.526. The molecule has 5 heteroatoms. The lowest BCUT2D eigenvalue weighted by molar-refractivity contribution is 0.138. The second-order valence-electron chi connectivity index (χ2n) is 6.91. The summed E-state index contributed by atoms with van der Waals surface area (Å²) in [6.07, 6.45) is 4.62. The van der Waals surface area contributed by atoms with Crippen molar-refractivity contribution in [2.24, 2.45) is 0 Å². The smallest absolute Gasteiger partial charge is 0.123 e. The highest BCUT2D eigenvalue weighted by Gasteiger charge is 2.28. The SMILES string of the molecule is COc1ccccc1CN1Cc2ccnn2C(CN2CCCC2)C1. The second kappa shape index (κ2) is 6.95. The third-order valence-corrected chi connectivity index (χ3v) is 5.21. The maximum Gasteiger partial charge on any atom is 0.123 e. The third-order valence-electron chi connectivity index (χ3n) is 5.21. The van der Waals surface area contributed by atoms with Crippen LogP contribution in [0.25, 0.3) is 0 Å². The van der Waals surface area contributed by atoms with Crippen molar-refractivity contribution in [3.63, 3.8) is 0 Å². The second-order valence-corrected chi connectivity index (χ2v) is 6.91. The van der Waals surface area contributed by atoms with Crippen molar-refractivity contribution in [2.45, 2.75) is 32.0 Å². The standard InChI is InChI=1S/C19H26N4O/c1-24-19-7-3-2-6-16(19)12-22-13-17-8-9-20-23(17)18(15-22)14-21-10-4-5-11-21/h2-3,6-9,18H,4-5,10-15H2,1H3. The van der Waals surface area contributed by atoms with E-state index >= 15 is 0 Å². The lowest BCUT2D eigenvalue weighted by Gasteiger charge is -2.36. The van der Waals surface area contributed by atoms with E-state index in [2.05, 4.69) is 37.8 Å². The molecule has 0 amide bonds. The van der Waals surface area contributed by atoms with E-state index in [0.29, 0.717) is 6.04 Å². The molecule has 0 saturated carbocycles. The summed E-state index contributed by atoms with van der Waals surface area (Å²) in [5.74, 6) is 0.979. The van der Waals surface area contributed by atoms with E-state index in [0.717, 1.165) is 31.9 Å². The van der Waals surface area contributed by atoms with Gasteiger partial charge in [0.2, 0.25) is 0 Å². The molecule has 0 radical (unpaired) electrons. The third kappa shape index (κ3) is 3.19. The Morgan fingerprint density at radius 1 is 1.12 bits per heavy atom. The topological polar surface area (TPSA) is 33.5 Å². The molecule has 0 bridgehead atoms. The largest absolute Gasteiger partial charge is 0.496 e. The number of nitrogens with zero attached hydrogens (tertiary/aromatic N) is 4. The first kappa shape index (κ1) is 15.7. The van der Waals surface area contributed by atoms with Crippen LogP contribution in [-0.4, -0.2) is 52.9 Å². The fourth-order valence-corrected chi connectivity index (χ4v) is 4.06. The summed E-state index contributed by atoms with van der Waals surface area (Å²) in [5, 5.41) is 4.59. The quantitative estimate of drug-likeness (QED) is 0.845. The maximum absolute atomic E-state index is 5.52. The molecule has 0 aliphatic carbocycles. The van der Waals surface area contributed by atoms with Gasteiger partial charge in [-0.05, 0) is 38.1 Å². The first-order valence-electron chi connectivity index (χ1n) is 8.92. The number of hydrogen-bond donors (Lipinski definition) is 0. The summed E-state index contributed by atoms with van der Waals surface area (Å²) in [7, 11) is 1.75. The van der Waals surface area contributed by atoms with Crippen LogP contribution in [-0.2, 0) is 13.1 Å². The maximum atomic E-state index is 5.52. The lowest BCUT2D eigenvalue weighted by atomic mass is 10.1. The summed E-state index contributed by atoms with van der Waals surface area (Å²) in [4.78, 5) is 5.11. The summed E-state index contributed by atoms with van der Waals surface area (Å²) in [6, 6.07) is 10.9. The van der Waals surface area contributed by atoms with E-state index in [1.807, 2.05) is 18.3 Å². The van der Waals surface area contributed by atoms with Crippen molar-refractivity contribution in [1.29, 1.82) is 0 Å². The Morgan fingerprint density at radius 2 is 1.96 bits per heavy atom. The number of aromatic nitrogens is 2. The van der Waals surface area contributed by atoms with E-state index in [9.17, 15) is 0 Å². The molecule has 5 nitrogen and oxygen atoms in total. The van der Waals surface area contributed by atoms with Crippen molar-refractivity contribution >= 4 is 0 Å². The predicted octanol–water partition coefficient (Wildman–Crippen LogP) is 2.54. The lowest BCUT2D eigenvalue weighted by Crippen LogP contribution is -2.42. The minimum atomic E-state index is 0.441. The minimum absolute atomic E-state index is 0.441. The number of likely N-dealkylation sites (tertiary alicyclic amines) is 1. The fourth-order valence-electron chi connectivity index (χ4n) is 4.06. The molecule has 1 unspecified atom stereocenters. The van der Waals surface area contributed by atoms with Crippen LogP contribution >= 0.6 is 0 Å². The number of methoxy groups -OCH3 is 1. The van der Waals surface area contributed by atoms with Crippen LogP contribution in [0, 0.1) is 0 Å². The van der Waals surface area contributed by atoms with Gasteiger partial charge in [-0.1, -0.05) is 18.2 Å². The van der Waals surface area contributed by atoms with Gasteiger partial charge >= 0.3 is 0 Å². The molecular weight excluding hydrogens is 300 g/mol. The van der Waals surface area contributed by atoms with Gasteiger partial charge in [-0.2, -0.15) is 5.10 Å². The molecule has 0 N–H and O–H groups in total. The molecule has 1 atom stereocenters. The molecular formula is C19H26N4O. The van der Waals surface area contributed by atoms with E-state index in [1.54, 1.807) is 7.11 Å². The summed E-state index contributed by atoms with van der Waals surface area (Å²) < 4.78 is 7.77. The first-order chi connectivity index (χ1) is 11.8. The highest BCUT2D eigenvalue weighted by Crippen LogP contribution is 2.26. The van der Waals surface area contributed by atoms with Crippen LogP contribution < -0.4 is 4.74 Å². The number of para-hydroxylation sites is 1. The van der Waals surface area contributed by atoms with Gasteiger partial charge in [-0.25, -0.2) is 0 Å². The van der Waals surface area contributed by atoms with E-state index in [4.69, 9.17) is 4.74 Å². The number of hydrogen-bond acceptors (Lipinski definition) is 4. The van der Waals surface area contributed by atoms with Crippen molar-refractivity contribution in [3.8, 4) is 5.75 Å². The van der Waals surface area contributed by atoms with Crippen molar-refractivity contribution < 1.29 is 4.74 Å². The van der Waals surface area contributed by atoms with E-state index in [1.165, 1.54) is 37.2 Å². The molecule has 128 valence electrons. The zero-order valence-electron chi connectivity index (χ0n) is 14.4. The Labute approximate surface area is 143 Å². The van der Waals surface area contributed by atoms with Crippen LogP contribution in [0.4, 0.5) is 0 Å². The molecule has 0 spiro atoms. The molecule has 1 saturated heterocycles. The van der Waals surface area contributed by atoms with Gasteiger partial charge in [0.15, 0.2) is 0 Å². The molecule has 3 heterocycles. The predicted molar refractivity (Wildman–Crippen MR) is 94.0 cm³/mol. The van der Waals surface area contributed by atoms with Crippen LogP contribution in [0.15, 0.2) is 36.5 Å². The number of fused-ring (bicyclic) bond motifs is 1. The number of ether oxygens (including phenoxy) is 1. The first-order valence-corrected chi connectivity index (χ1v) is 8.92. The van der Waals surface area contributed by atoms with Crippen LogP contribution in [0.1, 0.15) is 30.1 Å². The minimum Gasteiger partial charge on any atom is -0.496 e. The van der Waals surface area contributed by atoms with E-state index in [-0.39, 0.29) is 0 Å². The van der Waals surface area contributed by atoms with Gasteiger partial charge in [0.25, 0.3) is 0 Å². The monoisotopic (exact) mass is 326 g/mol. The number of benzene rings is 1. The van der Waals surface area contributed by atoms with Gasteiger partial charge in [-0.3, -0.25) is 9.58 Å². The average Bonchev–Trinajstić information content (AvgIpc) is 3.27. The van der Waals surface area contributed by atoms with Gasteiger partial charge in [0.05, 0.1) is 18.8 Å². The molecule has 2 aliphatic rings. The molecule has 1 fully saturated rings. The zero-order chi connectivity index (χ0) is 16.4. The Bertz CT molecular complexity index is 678. The van der Waals surface area contributed by atoms with Crippen LogP contribution in [0.5, 0.6) is 5.75 Å². The summed E-state index contributed by atoms with van der Waals surface area (Å²) >= 11 is 0. The molecule has 1 aromatic heterocycles. The van der Waals surface area contributed by atoms with E-state index < -0.39 is 0 Å². The molecule has 24 heavy (non-hydrogen) atoms. The Morgan fingerprint density at radius 3 is 2.79 bits per heavy atom.